The van der Waals surface area contributed by atoms with Gasteiger partial charge in [-0.15, -0.1) is 0 Å². The van der Waals surface area contributed by atoms with Crippen molar-refractivity contribution >= 4 is 30.8 Å². The van der Waals surface area contributed by atoms with Crippen LogP contribution >= 0.6 is 0 Å². The number of rotatable bonds is 17. The molecule has 1 aliphatic heterocycles. The summed E-state index contributed by atoms with van der Waals surface area (Å²) in [4.78, 5) is 75.0. The minimum atomic E-state index is -0.631. The van der Waals surface area contributed by atoms with Gasteiger partial charge in [0.25, 0.3) is 0 Å². The van der Waals surface area contributed by atoms with E-state index in [0.717, 1.165) is 103 Å². The number of amides is 4. The molecule has 16 heteroatoms. The van der Waals surface area contributed by atoms with Gasteiger partial charge in [-0.25, -0.2) is 19.6 Å². The molecule has 65 heavy (non-hydrogen) atoms. The summed E-state index contributed by atoms with van der Waals surface area (Å²) in [5.74, 6) is 8.42. The summed E-state index contributed by atoms with van der Waals surface area (Å²) in [7, 11) is 4.70. The first-order chi connectivity index (χ1) is 31.2. The summed E-state index contributed by atoms with van der Waals surface area (Å²) in [6.45, 7) is 16.7. The Morgan fingerprint density at radius 3 is 2.08 bits per heavy atom. The van der Waals surface area contributed by atoms with Crippen LogP contribution in [0.25, 0.3) is 22.5 Å². The smallest absolute Gasteiger partial charge is 0.407 e. The van der Waals surface area contributed by atoms with Crippen molar-refractivity contribution in [3.8, 4) is 34.4 Å². The lowest BCUT2D eigenvalue weighted by molar-refractivity contribution is -0.124. The number of hydrogen-bond donors (Lipinski definition) is 5. The lowest BCUT2D eigenvalue weighted by atomic mass is 10.0. The molecule has 0 saturated carbocycles. The fraction of sp³-hybridized carbons (Fsp3) is 0.490. The number of carbonyl (C=O) groups is 5. The van der Waals surface area contributed by atoms with Crippen molar-refractivity contribution in [3.63, 3.8) is 0 Å². The fourth-order valence-electron chi connectivity index (χ4n) is 6.77. The van der Waals surface area contributed by atoms with Crippen LogP contribution in [0.1, 0.15) is 102 Å². The first-order valence-electron chi connectivity index (χ1n) is 22.3. The quantitative estimate of drug-likeness (QED) is 0.0426. The largest absolute Gasteiger partial charge is 0.453 e. The number of unbranched alkanes of at least 4 members (excludes halogenated alkanes) is 1. The SMILES string of the molecule is CCN(C=O)CC.COC(=O)NC(C(=O)NCCCCc1ncc(-c2ccc(C#Cc3ccc(-c4cnc(C5CCCN5C)[nH]4)cc3C)cc2)[nH]1)C(C)C.COC(=O)NC(C=O)C(C)C. The summed E-state index contributed by atoms with van der Waals surface area (Å²) in [5.41, 5.74) is 7.23. The number of carbonyl (C=O) groups excluding carboxylic acids is 5. The van der Waals surface area contributed by atoms with E-state index in [1.165, 1.54) is 20.6 Å². The van der Waals surface area contributed by atoms with E-state index in [-0.39, 0.29) is 17.7 Å². The molecule has 0 bridgehead atoms. The molecule has 5 rings (SSSR count). The number of nitrogens with one attached hydrogen (secondary N) is 5. The summed E-state index contributed by atoms with van der Waals surface area (Å²) < 4.78 is 8.95. The van der Waals surface area contributed by atoms with Crippen LogP contribution in [0.3, 0.4) is 0 Å². The number of hydrogen-bond acceptors (Lipinski definition) is 10. The number of benzene rings is 2. The predicted octanol–water partition coefficient (Wildman–Crippen LogP) is 6.81. The molecule has 4 aromatic rings. The maximum Gasteiger partial charge on any atom is 0.407 e. The van der Waals surface area contributed by atoms with Gasteiger partial charge in [0.1, 0.15) is 24.0 Å². The topological polar surface area (TPSA) is 204 Å². The first-order valence-corrected chi connectivity index (χ1v) is 22.3. The molecule has 1 aliphatic rings. The number of ether oxygens (including phenoxy) is 2. The Morgan fingerprint density at radius 1 is 0.877 bits per heavy atom. The molecule has 0 aliphatic carbocycles. The third-order valence-electron chi connectivity index (χ3n) is 11.0. The van der Waals surface area contributed by atoms with Crippen LogP contribution in [0.5, 0.6) is 0 Å². The first kappa shape index (κ1) is 52.9. The zero-order chi connectivity index (χ0) is 47.9. The van der Waals surface area contributed by atoms with Gasteiger partial charge in [0.05, 0.1) is 50.1 Å². The van der Waals surface area contributed by atoms with Crippen molar-refractivity contribution in [2.24, 2.45) is 11.8 Å². The van der Waals surface area contributed by atoms with E-state index in [2.05, 4.69) is 106 Å². The number of imidazole rings is 2. The summed E-state index contributed by atoms with van der Waals surface area (Å²) in [5, 5.41) is 7.88. The van der Waals surface area contributed by atoms with Crippen LogP contribution < -0.4 is 16.0 Å². The fourth-order valence-corrected chi connectivity index (χ4v) is 6.77. The Bertz CT molecular complexity index is 2170. The zero-order valence-corrected chi connectivity index (χ0v) is 39.7. The molecule has 5 N–H and O–H groups in total. The molecule has 1 fully saturated rings. The normalized spacial score (nSPS) is 14.0. The number of likely N-dealkylation sites (tertiary alicyclic amines) is 1. The maximum absolute atomic E-state index is 12.5. The van der Waals surface area contributed by atoms with E-state index >= 15 is 0 Å². The highest BCUT2D eigenvalue weighted by Crippen LogP contribution is 2.30. The second kappa shape index (κ2) is 27.7. The van der Waals surface area contributed by atoms with Crippen LogP contribution in [-0.4, -0.2) is 120 Å². The lowest BCUT2D eigenvalue weighted by Crippen LogP contribution is -2.49. The average Bonchev–Trinajstić information content (AvgIpc) is 4.09. The Kier molecular flexibility index (Phi) is 22.5. The van der Waals surface area contributed by atoms with Gasteiger partial charge in [0.15, 0.2) is 0 Å². The molecule has 2 aromatic heterocycles. The van der Waals surface area contributed by atoms with Gasteiger partial charge < -0.3 is 45.1 Å². The second-order valence-corrected chi connectivity index (χ2v) is 16.4. The zero-order valence-electron chi connectivity index (χ0n) is 39.7. The van der Waals surface area contributed by atoms with Crippen LogP contribution in [0.4, 0.5) is 9.59 Å². The number of aromatic amines is 2. The molecule has 0 spiro atoms. The van der Waals surface area contributed by atoms with Crippen molar-refractivity contribution in [2.75, 3.05) is 47.4 Å². The average molecular weight is 896 g/mol. The van der Waals surface area contributed by atoms with Crippen molar-refractivity contribution in [1.82, 2.24) is 45.7 Å². The molecule has 2 aromatic carbocycles. The van der Waals surface area contributed by atoms with Crippen molar-refractivity contribution in [3.05, 3.63) is 83.2 Å². The molecule has 1 saturated heterocycles. The van der Waals surface area contributed by atoms with Crippen molar-refractivity contribution in [2.45, 2.75) is 98.7 Å². The highest BCUT2D eigenvalue weighted by molar-refractivity contribution is 5.85. The van der Waals surface area contributed by atoms with Gasteiger partial charge in [-0.2, -0.15) is 0 Å². The highest BCUT2D eigenvalue weighted by atomic mass is 16.5. The Balaban J connectivity index is 0.000000523. The number of nitrogens with zero attached hydrogens (tertiary/aromatic N) is 4. The number of H-pyrrole nitrogens is 2. The lowest BCUT2D eigenvalue weighted by Gasteiger charge is -2.20. The standard InChI is InChI=1S/C37H45N7O3.C7H13NO3.C5H11NO/c1-24(2)34(43-37(46)47-5)36(45)38-19-7-6-10-33-39-22-30(41-33)28-15-12-26(13-16-28)11-14-27-17-18-29(21-25(27)3)31-23-40-35(42-31)32-9-8-20-44(32)4;1-5(2)6(4-9)8-7(10)11-3;1-3-6(4-2)5-7/h12-13,15-18,21-24,32,34H,6-10,19-20H2,1-5H3,(H,38,45)(H,39,41)(H,40,42)(H,43,46);4-6H,1-3H3,(H,8,10);5H,3-4H2,1-2H3. The van der Waals surface area contributed by atoms with Crippen molar-refractivity contribution < 1.29 is 33.4 Å². The van der Waals surface area contributed by atoms with Crippen LogP contribution in [0.15, 0.2) is 54.9 Å². The number of aryl methyl sites for hydroxylation is 2. The molecular weight excluding hydrogens is 827 g/mol. The van der Waals surface area contributed by atoms with Crippen LogP contribution in [0.2, 0.25) is 0 Å². The van der Waals surface area contributed by atoms with E-state index in [1.54, 1.807) is 4.90 Å². The molecule has 4 amide bonds. The van der Waals surface area contributed by atoms with E-state index in [1.807, 2.05) is 66.1 Å². The Morgan fingerprint density at radius 2 is 1.52 bits per heavy atom. The van der Waals surface area contributed by atoms with Gasteiger partial charge >= 0.3 is 12.2 Å². The third kappa shape index (κ3) is 17.2. The van der Waals surface area contributed by atoms with Crippen LogP contribution in [-0.2, 0) is 30.3 Å². The molecule has 0 radical (unpaired) electrons. The minimum absolute atomic E-state index is 0.0513. The highest BCUT2D eigenvalue weighted by Gasteiger charge is 2.26. The molecule has 3 heterocycles. The number of aromatic nitrogens is 4. The Hall–Kier alpha value is -6.47. The Labute approximate surface area is 384 Å². The van der Waals surface area contributed by atoms with E-state index in [0.29, 0.717) is 18.9 Å². The third-order valence-corrected chi connectivity index (χ3v) is 11.0. The predicted molar refractivity (Wildman–Crippen MR) is 253 cm³/mol. The number of alkyl carbamates (subject to hydrolysis) is 2. The minimum Gasteiger partial charge on any atom is -0.453 e. The monoisotopic (exact) mass is 896 g/mol. The van der Waals surface area contributed by atoms with Gasteiger partial charge in [-0.3, -0.25) is 14.5 Å². The number of methoxy groups -OCH3 is 2. The number of aldehydes is 1. The molecule has 3 unspecified atom stereocenters. The van der Waals surface area contributed by atoms with Gasteiger partial charge in [-0.05, 0) is 113 Å². The van der Waals surface area contributed by atoms with E-state index in [9.17, 15) is 24.0 Å². The van der Waals surface area contributed by atoms with E-state index < -0.39 is 24.3 Å². The molecule has 3 atom stereocenters. The van der Waals surface area contributed by atoms with Gasteiger partial charge in [0, 0.05) is 37.2 Å². The van der Waals surface area contributed by atoms with E-state index in [4.69, 9.17) is 0 Å². The molecular formula is C49H69N9O7. The van der Waals surface area contributed by atoms with Gasteiger partial charge in [-0.1, -0.05) is 57.7 Å². The second-order valence-electron chi connectivity index (χ2n) is 16.4. The summed E-state index contributed by atoms with van der Waals surface area (Å²) in [6.07, 6.45) is 8.94. The molecule has 16 nitrogen and oxygen atoms in total. The summed E-state index contributed by atoms with van der Waals surface area (Å²) >= 11 is 0. The van der Waals surface area contributed by atoms with Crippen molar-refractivity contribution in [1.29, 1.82) is 0 Å². The summed E-state index contributed by atoms with van der Waals surface area (Å²) in [6, 6.07) is 13.8. The molecule has 352 valence electrons. The maximum atomic E-state index is 12.5. The van der Waals surface area contributed by atoms with Crippen LogP contribution in [0, 0.1) is 30.6 Å². The van der Waals surface area contributed by atoms with Gasteiger partial charge in [0.2, 0.25) is 12.3 Å².